The summed E-state index contributed by atoms with van der Waals surface area (Å²) in [5, 5.41) is 2.35. The van der Waals surface area contributed by atoms with E-state index in [-0.39, 0.29) is 12.5 Å². The van der Waals surface area contributed by atoms with Crippen molar-refractivity contribution in [3.8, 4) is 0 Å². The fourth-order valence-electron chi connectivity index (χ4n) is 0.901. The molecule has 0 fully saturated rings. The highest BCUT2D eigenvalue weighted by Crippen LogP contribution is 2.03. The number of carbonyl (C=O) groups excluding carboxylic acids is 2. The maximum absolute atomic E-state index is 11.1. The van der Waals surface area contributed by atoms with Crippen molar-refractivity contribution in [3.05, 3.63) is 25.3 Å². The lowest BCUT2D eigenvalue weighted by Crippen LogP contribution is -2.48. The van der Waals surface area contributed by atoms with Crippen molar-refractivity contribution < 1.29 is 14.3 Å². The molecule has 0 aromatic heterocycles. The van der Waals surface area contributed by atoms with Crippen LogP contribution in [-0.4, -0.2) is 24.6 Å². The van der Waals surface area contributed by atoms with Crippen LogP contribution in [0.4, 0.5) is 4.79 Å². The van der Waals surface area contributed by atoms with Gasteiger partial charge in [0.1, 0.15) is 12.6 Å². The first-order valence-electron chi connectivity index (χ1n) is 4.49. The molecule has 0 saturated heterocycles. The number of nitrogens with two attached hydrogens (primary N) is 1. The standard InChI is InChI=1S/C10H16N2O3/c1-4-6-15-10(14)12-8(9(11)13)7(3)5-2/h4-5,7-8H,1-2,6H2,3H3,(H2,11,13)(H,12,14). The maximum Gasteiger partial charge on any atom is 0.408 e. The predicted molar refractivity (Wildman–Crippen MR) is 57.0 cm³/mol. The van der Waals surface area contributed by atoms with Gasteiger partial charge < -0.3 is 15.8 Å². The van der Waals surface area contributed by atoms with Gasteiger partial charge in [-0.25, -0.2) is 4.79 Å². The van der Waals surface area contributed by atoms with E-state index in [1.165, 1.54) is 12.2 Å². The predicted octanol–water partition coefficient (Wildman–Crippen LogP) is 0.575. The molecule has 2 unspecified atom stereocenters. The van der Waals surface area contributed by atoms with Gasteiger partial charge in [0, 0.05) is 5.92 Å². The van der Waals surface area contributed by atoms with Gasteiger partial charge in [0.2, 0.25) is 5.91 Å². The molecule has 5 heteroatoms. The van der Waals surface area contributed by atoms with Crippen molar-refractivity contribution in [2.75, 3.05) is 6.61 Å². The fraction of sp³-hybridized carbons (Fsp3) is 0.400. The van der Waals surface area contributed by atoms with Crippen LogP contribution in [0.5, 0.6) is 0 Å². The van der Waals surface area contributed by atoms with Crippen molar-refractivity contribution in [1.82, 2.24) is 5.32 Å². The lowest BCUT2D eigenvalue weighted by molar-refractivity contribution is -0.120. The molecule has 2 atom stereocenters. The number of amides is 2. The van der Waals surface area contributed by atoms with Crippen molar-refractivity contribution in [1.29, 1.82) is 0 Å². The Hall–Kier alpha value is -1.78. The van der Waals surface area contributed by atoms with E-state index in [2.05, 4.69) is 23.2 Å². The first-order valence-corrected chi connectivity index (χ1v) is 4.49. The number of alkyl carbamates (subject to hydrolysis) is 1. The topological polar surface area (TPSA) is 81.4 Å². The lowest BCUT2D eigenvalue weighted by atomic mass is 10.0. The van der Waals surface area contributed by atoms with Crippen LogP contribution in [0.25, 0.3) is 0 Å². The van der Waals surface area contributed by atoms with Crippen LogP contribution in [0.2, 0.25) is 0 Å². The molecule has 84 valence electrons. The normalized spacial score (nSPS) is 13.4. The van der Waals surface area contributed by atoms with Crippen LogP contribution in [0, 0.1) is 5.92 Å². The zero-order valence-corrected chi connectivity index (χ0v) is 8.73. The van der Waals surface area contributed by atoms with Crippen LogP contribution >= 0.6 is 0 Å². The second-order valence-electron chi connectivity index (χ2n) is 3.01. The molecular weight excluding hydrogens is 196 g/mol. The van der Waals surface area contributed by atoms with Gasteiger partial charge in [0.25, 0.3) is 0 Å². The minimum absolute atomic E-state index is 0.0831. The van der Waals surface area contributed by atoms with E-state index >= 15 is 0 Å². The Morgan fingerprint density at radius 3 is 2.53 bits per heavy atom. The van der Waals surface area contributed by atoms with Gasteiger partial charge in [-0.05, 0) is 0 Å². The van der Waals surface area contributed by atoms with E-state index in [9.17, 15) is 9.59 Å². The second kappa shape index (κ2) is 6.64. The monoisotopic (exact) mass is 212 g/mol. The molecule has 15 heavy (non-hydrogen) atoms. The summed E-state index contributed by atoms with van der Waals surface area (Å²) in [5.41, 5.74) is 5.11. The van der Waals surface area contributed by atoms with E-state index in [1.54, 1.807) is 6.92 Å². The van der Waals surface area contributed by atoms with Crippen LogP contribution in [0.15, 0.2) is 25.3 Å². The summed E-state index contributed by atoms with van der Waals surface area (Å²) >= 11 is 0. The largest absolute Gasteiger partial charge is 0.445 e. The Morgan fingerprint density at radius 2 is 2.13 bits per heavy atom. The highest BCUT2D eigenvalue weighted by molar-refractivity contribution is 5.84. The van der Waals surface area contributed by atoms with E-state index in [4.69, 9.17) is 5.73 Å². The minimum atomic E-state index is -0.806. The molecule has 5 nitrogen and oxygen atoms in total. The van der Waals surface area contributed by atoms with Gasteiger partial charge in [-0.1, -0.05) is 25.7 Å². The van der Waals surface area contributed by atoms with Gasteiger partial charge in [-0.2, -0.15) is 0 Å². The third-order valence-electron chi connectivity index (χ3n) is 1.81. The number of rotatable bonds is 6. The van der Waals surface area contributed by atoms with Crippen LogP contribution in [0.3, 0.4) is 0 Å². The molecule has 0 aromatic rings. The lowest BCUT2D eigenvalue weighted by Gasteiger charge is -2.18. The fourth-order valence-corrected chi connectivity index (χ4v) is 0.901. The molecule has 0 aliphatic carbocycles. The molecule has 0 rings (SSSR count). The average Bonchev–Trinajstić information content (AvgIpc) is 2.21. The Balaban J connectivity index is 4.28. The molecule has 3 N–H and O–H groups in total. The molecule has 0 radical (unpaired) electrons. The van der Waals surface area contributed by atoms with Gasteiger partial charge >= 0.3 is 6.09 Å². The van der Waals surface area contributed by atoms with Gasteiger partial charge in [-0.3, -0.25) is 4.79 Å². The molecule has 0 saturated carbocycles. The quantitative estimate of drug-likeness (QED) is 0.632. The molecule has 0 aliphatic heterocycles. The molecule has 0 bridgehead atoms. The van der Waals surface area contributed by atoms with Gasteiger partial charge in [0.05, 0.1) is 0 Å². The summed E-state index contributed by atoms with van der Waals surface area (Å²) in [6.45, 7) is 8.70. The first-order chi connectivity index (χ1) is 7.02. The Morgan fingerprint density at radius 1 is 1.53 bits per heavy atom. The smallest absolute Gasteiger partial charge is 0.408 e. The van der Waals surface area contributed by atoms with Crippen LogP contribution in [0.1, 0.15) is 6.92 Å². The zero-order chi connectivity index (χ0) is 11.8. The summed E-state index contributed by atoms with van der Waals surface area (Å²) in [6, 6.07) is -0.806. The van der Waals surface area contributed by atoms with Crippen molar-refractivity contribution in [3.63, 3.8) is 0 Å². The number of nitrogens with one attached hydrogen (secondary N) is 1. The zero-order valence-electron chi connectivity index (χ0n) is 8.73. The molecule has 2 amide bonds. The summed E-state index contributed by atoms with van der Waals surface area (Å²) in [6.07, 6.45) is 2.26. The number of carbonyl (C=O) groups is 2. The summed E-state index contributed by atoms with van der Waals surface area (Å²) in [5.74, 6) is -0.878. The number of hydrogen-bond donors (Lipinski definition) is 2. The Bertz CT molecular complexity index is 263. The third kappa shape index (κ3) is 4.85. The van der Waals surface area contributed by atoms with Crippen LogP contribution in [-0.2, 0) is 9.53 Å². The summed E-state index contributed by atoms with van der Waals surface area (Å²) in [7, 11) is 0. The van der Waals surface area contributed by atoms with E-state index in [0.717, 1.165) is 0 Å². The second-order valence-corrected chi connectivity index (χ2v) is 3.01. The van der Waals surface area contributed by atoms with Crippen molar-refractivity contribution in [2.45, 2.75) is 13.0 Å². The minimum Gasteiger partial charge on any atom is -0.445 e. The SMILES string of the molecule is C=CCOC(=O)NC(C(N)=O)C(C)C=C. The van der Waals surface area contributed by atoms with Gasteiger partial charge in [-0.15, -0.1) is 6.58 Å². The van der Waals surface area contributed by atoms with Crippen molar-refractivity contribution in [2.24, 2.45) is 11.7 Å². The Kier molecular flexibility index (Phi) is 5.85. The highest BCUT2D eigenvalue weighted by atomic mass is 16.5. The summed E-state index contributed by atoms with van der Waals surface area (Å²) < 4.78 is 4.66. The third-order valence-corrected chi connectivity index (χ3v) is 1.81. The first kappa shape index (κ1) is 13.2. The highest BCUT2D eigenvalue weighted by Gasteiger charge is 2.23. The van der Waals surface area contributed by atoms with E-state index in [0.29, 0.717) is 0 Å². The average molecular weight is 212 g/mol. The summed E-state index contributed by atoms with van der Waals surface area (Å²) in [4.78, 5) is 22.1. The number of hydrogen-bond acceptors (Lipinski definition) is 3. The van der Waals surface area contributed by atoms with Crippen LogP contribution < -0.4 is 11.1 Å². The molecule has 0 spiro atoms. The van der Waals surface area contributed by atoms with E-state index < -0.39 is 18.0 Å². The van der Waals surface area contributed by atoms with E-state index in [1.807, 2.05) is 0 Å². The van der Waals surface area contributed by atoms with Crippen molar-refractivity contribution >= 4 is 12.0 Å². The van der Waals surface area contributed by atoms with Gasteiger partial charge in [0.15, 0.2) is 0 Å². The Labute approximate surface area is 89.0 Å². The molecule has 0 aliphatic rings. The number of primary amides is 1. The molecule has 0 aromatic carbocycles. The molecule has 0 heterocycles. The maximum atomic E-state index is 11.1. The molecular formula is C10H16N2O3. The number of ether oxygens (including phenoxy) is 1.